The fourth-order valence-corrected chi connectivity index (χ4v) is 1.62. The average Bonchev–Trinajstić information content (AvgIpc) is 2.20. The average molecular weight is 221 g/mol. The molecule has 1 aromatic rings. The molecule has 0 heterocycles. The zero-order valence-corrected chi connectivity index (χ0v) is 10.3. The lowest BCUT2D eigenvalue weighted by molar-refractivity contribution is -0.142. The van der Waals surface area contributed by atoms with Gasteiger partial charge in [0.15, 0.2) is 0 Å². The van der Waals surface area contributed by atoms with E-state index in [0.717, 1.165) is 0 Å². The highest BCUT2D eigenvalue weighted by molar-refractivity contribution is 5.72. The summed E-state index contributed by atoms with van der Waals surface area (Å²) in [5.41, 5.74) is 3.63. The highest BCUT2D eigenvalue weighted by Crippen LogP contribution is 2.13. The number of hydrogen-bond donors (Lipinski definition) is 1. The van der Waals surface area contributed by atoms with Crippen LogP contribution >= 0.6 is 0 Å². The molecular formula is C13H19NO2. The first kappa shape index (κ1) is 12.7. The molecule has 1 N–H and O–H groups in total. The molecule has 0 aliphatic carbocycles. The summed E-state index contributed by atoms with van der Waals surface area (Å²) in [5, 5.41) is 8.90. The monoisotopic (exact) mass is 221 g/mol. The van der Waals surface area contributed by atoms with Crippen molar-refractivity contribution in [3.8, 4) is 0 Å². The molecule has 0 spiro atoms. The molecule has 0 aromatic heterocycles. The minimum Gasteiger partial charge on any atom is -0.480 e. The van der Waals surface area contributed by atoms with E-state index in [9.17, 15) is 4.79 Å². The molecule has 88 valence electrons. The molecule has 1 rings (SSSR count). The first-order valence-electron chi connectivity index (χ1n) is 5.41. The summed E-state index contributed by atoms with van der Waals surface area (Å²) in [6.45, 7) is 6.48. The van der Waals surface area contributed by atoms with Gasteiger partial charge in [0, 0.05) is 6.54 Å². The Morgan fingerprint density at radius 2 is 2.06 bits per heavy atom. The third kappa shape index (κ3) is 3.07. The van der Waals surface area contributed by atoms with Crippen LogP contribution in [0.1, 0.15) is 23.6 Å². The Morgan fingerprint density at radius 3 is 2.56 bits per heavy atom. The van der Waals surface area contributed by atoms with Gasteiger partial charge in [0.25, 0.3) is 0 Å². The molecule has 16 heavy (non-hydrogen) atoms. The topological polar surface area (TPSA) is 40.5 Å². The van der Waals surface area contributed by atoms with Crippen LogP contribution in [0.4, 0.5) is 0 Å². The van der Waals surface area contributed by atoms with Gasteiger partial charge in [0.1, 0.15) is 6.04 Å². The number of likely N-dealkylation sites (N-methyl/N-ethyl adjacent to an activating group) is 1. The number of carboxylic acids is 1. The predicted molar refractivity (Wildman–Crippen MR) is 64.5 cm³/mol. The Morgan fingerprint density at radius 1 is 1.44 bits per heavy atom. The van der Waals surface area contributed by atoms with Gasteiger partial charge in [0.2, 0.25) is 0 Å². The molecule has 1 aromatic carbocycles. The third-order valence-electron chi connectivity index (χ3n) is 2.94. The molecule has 0 aliphatic rings. The van der Waals surface area contributed by atoms with E-state index in [2.05, 4.69) is 32.0 Å². The predicted octanol–water partition coefficient (Wildman–Crippen LogP) is 2.21. The molecule has 1 atom stereocenters. The Labute approximate surface area is 96.7 Å². The number of hydrogen-bond acceptors (Lipinski definition) is 2. The summed E-state index contributed by atoms with van der Waals surface area (Å²) in [4.78, 5) is 12.7. The molecule has 0 amide bonds. The van der Waals surface area contributed by atoms with Crippen LogP contribution in [0, 0.1) is 13.8 Å². The quantitative estimate of drug-likeness (QED) is 0.847. The fraction of sp³-hybridized carbons (Fsp3) is 0.462. The first-order chi connectivity index (χ1) is 7.41. The maximum Gasteiger partial charge on any atom is 0.320 e. The van der Waals surface area contributed by atoms with E-state index in [1.807, 2.05) is 11.9 Å². The summed E-state index contributed by atoms with van der Waals surface area (Å²) in [6, 6.07) is 5.78. The van der Waals surface area contributed by atoms with E-state index in [1.165, 1.54) is 16.7 Å². The van der Waals surface area contributed by atoms with E-state index >= 15 is 0 Å². The second-order valence-corrected chi connectivity index (χ2v) is 4.36. The first-order valence-corrected chi connectivity index (χ1v) is 5.41. The number of aryl methyl sites for hydroxylation is 2. The zero-order valence-electron chi connectivity index (χ0n) is 10.3. The van der Waals surface area contributed by atoms with Crippen molar-refractivity contribution in [2.75, 3.05) is 7.05 Å². The van der Waals surface area contributed by atoms with E-state index in [4.69, 9.17) is 5.11 Å². The summed E-state index contributed by atoms with van der Waals surface area (Å²) < 4.78 is 0. The van der Waals surface area contributed by atoms with Gasteiger partial charge < -0.3 is 5.11 Å². The Balaban J connectivity index is 2.77. The van der Waals surface area contributed by atoms with Crippen molar-refractivity contribution in [1.29, 1.82) is 0 Å². The second kappa shape index (κ2) is 5.12. The lowest BCUT2D eigenvalue weighted by Crippen LogP contribution is -2.35. The standard InChI is InChI=1S/C13H19NO2/c1-9-5-6-12(10(2)7-9)8-14(4)11(3)13(15)16/h5-7,11H,8H2,1-4H3,(H,15,16). The highest BCUT2D eigenvalue weighted by Gasteiger charge is 2.17. The smallest absolute Gasteiger partial charge is 0.320 e. The van der Waals surface area contributed by atoms with Crippen molar-refractivity contribution < 1.29 is 9.90 Å². The van der Waals surface area contributed by atoms with Crippen molar-refractivity contribution in [3.63, 3.8) is 0 Å². The van der Waals surface area contributed by atoms with E-state index in [1.54, 1.807) is 6.92 Å². The summed E-state index contributed by atoms with van der Waals surface area (Å²) >= 11 is 0. The number of carboxylic acid groups (broad SMARTS) is 1. The SMILES string of the molecule is Cc1ccc(CN(C)C(C)C(=O)O)c(C)c1. The van der Waals surface area contributed by atoms with Crippen LogP contribution in [0.15, 0.2) is 18.2 Å². The number of nitrogens with zero attached hydrogens (tertiary/aromatic N) is 1. The summed E-state index contributed by atoms with van der Waals surface area (Å²) in [5.74, 6) is -0.785. The second-order valence-electron chi connectivity index (χ2n) is 4.36. The normalized spacial score (nSPS) is 12.8. The fourth-order valence-electron chi connectivity index (χ4n) is 1.62. The van der Waals surface area contributed by atoms with Gasteiger partial charge in [-0.25, -0.2) is 0 Å². The van der Waals surface area contributed by atoms with E-state index in [-0.39, 0.29) is 0 Å². The van der Waals surface area contributed by atoms with E-state index < -0.39 is 12.0 Å². The van der Waals surface area contributed by atoms with Gasteiger partial charge in [-0.3, -0.25) is 9.69 Å². The minimum atomic E-state index is -0.785. The molecule has 3 nitrogen and oxygen atoms in total. The zero-order chi connectivity index (χ0) is 12.3. The Bertz CT molecular complexity index is 388. The lowest BCUT2D eigenvalue weighted by Gasteiger charge is -2.22. The van der Waals surface area contributed by atoms with Crippen molar-refractivity contribution >= 4 is 5.97 Å². The maximum absolute atomic E-state index is 10.8. The van der Waals surface area contributed by atoms with Gasteiger partial charge in [-0.2, -0.15) is 0 Å². The molecule has 0 aliphatic heterocycles. The molecule has 0 radical (unpaired) electrons. The molecule has 0 saturated heterocycles. The minimum absolute atomic E-state index is 0.458. The summed E-state index contributed by atoms with van der Waals surface area (Å²) in [6.07, 6.45) is 0. The van der Waals surface area contributed by atoms with Crippen LogP contribution < -0.4 is 0 Å². The van der Waals surface area contributed by atoms with Gasteiger partial charge in [-0.15, -0.1) is 0 Å². The van der Waals surface area contributed by atoms with Crippen molar-refractivity contribution in [3.05, 3.63) is 34.9 Å². The number of benzene rings is 1. The van der Waals surface area contributed by atoms with Crippen molar-refractivity contribution in [2.24, 2.45) is 0 Å². The van der Waals surface area contributed by atoms with Crippen molar-refractivity contribution in [2.45, 2.75) is 33.4 Å². The molecular weight excluding hydrogens is 202 g/mol. The van der Waals surface area contributed by atoms with Crippen LogP contribution in [0.5, 0.6) is 0 Å². The molecule has 0 fully saturated rings. The van der Waals surface area contributed by atoms with Crippen LogP contribution in [-0.2, 0) is 11.3 Å². The Hall–Kier alpha value is -1.35. The number of aliphatic carboxylic acids is 1. The number of carbonyl (C=O) groups is 1. The van der Waals surface area contributed by atoms with Crippen LogP contribution in [0.25, 0.3) is 0 Å². The van der Waals surface area contributed by atoms with Crippen LogP contribution in [0.3, 0.4) is 0 Å². The maximum atomic E-state index is 10.8. The van der Waals surface area contributed by atoms with Crippen LogP contribution in [0.2, 0.25) is 0 Å². The third-order valence-corrected chi connectivity index (χ3v) is 2.94. The lowest BCUT2D eigenvalue weighted by atomic mass is 10.1. The van der Waals surface area contributed by atoms with Crippen LogP contribution in [-0.4, -0.2) is 29.1 Å². The Kier molecular flexibility index (Phi) is 4.07. The van der Waals surface area contributed by atoms with E-state index in [0.29, 0.717) is 6.54 Å². The molecule has 0 saturated carbocycles. The van der Waals surface area contributed by atoms with Gasteiger partial charge in [-0.1, -0.05) is 23.8 Å². The number of rotatable bonds is 4. The molecule has 0 bridgehead atoms. The highest BCUT2D eigenvalue weighted by atomic mass is 16.4. The molecule has 1 unspecified atom stereocenters. The summed E-state index contributed by atoms with van der Waals surface area (Å²) in [7, 11) is 1.83. The molecule has 3 heteroatoms. The van der Waals surface area contributed by atoms with Gasteiger partial charge >= 0.3 is 5.97 Å². The van der Waals surface area contributed by atoms with Gasteiger partial charge in [-0.05, 0) is 38.9 Å². The van der Waals surface area contributed by atoms with Gasteiger partial charge in [0.05, 0.1) is 0 Å². The van der Waals surface area contributed by atoms with Crippen molar-refractivity contribution in [1.82, 2.24) is 4.90 Å². The largest absolute Gasteiger partial charge is 0.480 e.